The first-order valence-corrected chi connectivity index (χ1v) is 7.03. The Bertz CT molecular complexity index is 717. The molecule has 0 heterocycles. The van der Waals surface area contributed by atoms with Crippen LogP contribution >= 0.6 is 0 Å². The molecule has 0 spiro atoms. The van der Waals surface area contributed by atoms with Gasteiger partial charge >= 0.3 is 0 Å². The second kappa shape index (κ2) is 7.28. The van der Waals surface area contributed by atoms with Gasteiger partial charge in [0.2, 0.25) is 0 Å². The van der Waals surface area contributed by atoms with Crippen molar-refractivity contribution in [3.05, 3.63) is 59.2 Å². The van der Waals surface area contributed by atoms with E-state index in [1.807, 2.05) is 6.92 Å². The summed E-state index contributed by atoms with van der Waals surface area (Å²) in [4.78, 5) is 11.5. The van der Waals surface area contributed by atoms with Crippen LogP contribution in [0.1, 0.15) is 35.3 Å². The molecule has 0 aliphatic rings. The van der Waals surface area contributed by atoms with Gasteiger partial charge in [-0.3, -0.25) is 4.79 Å². The molecule has 2 aromatic rings. The molecule has 2 aromatic carbocycles. The zero-order valence-corrected chi connectivity index (χ0v) is 12.6. The molecule has 0 unspecified atom stereocenters. The van der Waals surface area contributed by atoms with Gasteiger partial charge in [0.05, 0.1) is 18.2 Å². The number of hydrogen-bond acceptors (Lipinski definition) is 4. The van der Waals surface area contributed by atoms with Gasteiger partial charge in [-0.2, -0.15) is 5.26 Å². The number of rotatable bonds is 6. The minimum atomic E-state index is -0.00391. The van der Waals surface area contributed by atoms with Gasteiger partial charge in [0, 0.05) is 11.1 Å². The molecule has 0 saturated heterocycles. The van der Waals surface area contributed by atoms with E-state index < -0.39 is 0 Å². The first-order valence-electron chi connectivity index (χ1n) is 7.03. The summed E-state index contributed by atoms with van der Waals surface area (Å²) in [5, 5.41) is 8.90. The zero-order valence-electron chi connectivity index (χ0n) is 12.6. The summed E-state index contributed by atoms with van der Waals surface area (Å²) in [5.74, 6) is 1.30. The fourth-order valence-corrected chi connectivity index (χ4v) is 2.02. The molecule has 0 aliphatic carbocycles. The summed E-state index contributed by atoms with van der Waals surface area (Å²) < 4.78 is 11.3. The number of Topliss-reactive ketones (excluding diaryl/α,β-unsaturated/α-hetero) is 1. The highest BCUT2D eigenvalue weighted by molar-refractivity contribution is 5.94. The van der Waals surface area contributed by atoms with Crippen LogP contribution in [0.5, 0.6) is 11.5 Å². The summed E-state index contributed by atoms with van der Waals surface area (Å²) in [6, 6.07) is 14.3. The van der Waals surface area contributed by atoms with Crippen LogP contribution in [0.4, 0.5) is 0 Å². The predicted octanol–water partition coefficient (Wildman–Crippen LogP) is 3.74. The van der Waals surface area contributed by atoms with Crippen LogP contribution in [0.2, 0.25) is 0 Å². The normalized spacial score (nSPS) is 9.86. The minimum absolute atomic E-state index is 0.00391. The molecule has 0 saturated carbocycles. The number of nitrogens with zero attached hydrogens (tertiary/aromatic N) is 1. The first kappa shape index (κ1) is 15.6. The highest BCUT2D eigenvalue weighted by Crippen LogP contribution is 2.23. The average molecular weight is 295 g/mol. The van der Waals surface area contributed by atoms with E-state index in [2.05, 4.69) is 6.07 Å². The van der Waals surface area contributed by atoms with Crippen molar-refractivity contribution in [2.45, 2.75) is 20.5 Å². The van der Waals surface area contributed by atoms with Gasteiger partial charge in [0.15, 0.2) is 5.78 Å². The van der Waals surface area contributed by atoms with Crippen LogP contribution < -0.4 is 9.47 Å². The lowest BCUT2D eigenvalue weighted by atomic mass is 10.1. The van der Waals surface area contributed by atoms with Crippen molar-refractivity contribution in [3.63, 3.8) is 0 Å². The van der Waals surface area contributed by atoms with E-state index >= 15 is 0 Å². The van der Waals surface area contributed by atoms with E-state index in [0.717, 1.165) is 5.56 Å². The predicted molar refractivity (Wildman–Crippen MR) is 83.1 cm³/mol. The lowest BCUT2D eigenvalue weighted by Gasteiger charge is -2.12. The monoisotopic (exact) mass is 295 g/mol. The lowest BCUT2D eigenvalue weighted by Crippen LogP contribution is -2.03. The van der Waals surface area contributed by atoms with Crippen molar-refractivity contribution in [3.8, 4) is 17.6 Å². The fourth-order valence-electron chi connectivity index (χ4n) is 2.02. The number of carbonyl (C=O) groups excluding carboxylic acids is 1. The van der Waals surface area contributed by atoms with E-state index in [9.17, 15) is 4.79 Å². The van der Waals surface area contributed by atoms with E-state index in [1.165, 1.54) is 6.92 Å². The number of ketones is 1. The largest absolute Gasteiger partial charge is 0.493 e. The Morgan fingerprint density at radius 1 is 1.18 bits per heavy atom. The molecule has 4 heteroatoms. The number of carbonyl (C=O) groups is 1. The molecule has 0 bridgehead atoms. The summed E-state index contributed by atoms with van der Waals surface area (Å²) in [6.07, 6.45) is 0. The molecular weight excluding hydrogens is 278 g/mol. The van der Waals surface area contributed by atoms with Crippen LogP contribution in [-0.2, 0) is 6.61 Å². The third-order valence-corrected chi connectivity index (χ3v) is 3.12. The fraction of sp³-hybridized carbons (Fsp3) is 0.222. The van der Waals surface area contributed by atoms with Crippen LogP contribution in [-0.4, -0.2) is 12.4 Å². The van der Waals surface area contributed by atoms with E-state index in [4.69, 9.17) is 14.7 Å². The number of hydrogen-bond donors (Lipinski definition) is 0. The van der Waals surface area contributed by atoms with Crippen molar-refractivity contribution in [1.82, 2.24) is 0 Å². The topological polar surface area (TPSA) is 59.3 Å². The molecule has 112 valence electrons. The third kappa shape index (κ3) is 3.86. The summed E-state index contributed by atoms with van der Waals surface area (Å²) in [5.41, 5.74) is 1.96. The highest BCUT2D eigenvalue weighted by atomic mass is 16.5. The second-order valence-corrected chi connectivity index (χ2v) is 4.74. The van der Waals surface area contributed by atoms with Crippen LogP contribution in [0.25, 0.3) is 0 Å². The van der Waals surface area contributed by atoms with Crippen molar-refractivity contribution >= 4 is 5.78 Å². The smallest absolute Gasteiger partial charge is 0.159 e. The Balaban J connectivity index is 2.21. The Hall–Kier alpha value is -2.80. The highest BCUT2D eigenvalue weighted by Gasteiger charge is 2.09. The summed E-state index contributed by atoms with van der Waals surface area (Å²) in [7, 11) is 0. The quantitative estimate of drug-likeness (QED) is 0.762. The van der Waals surface area contributed by atoms with E-state index in [0.29, 0.717) is 29.2 Å². The molecule has 0 amide bonds. The zero-order chi connectivity index (χ0) is 15.9. The van der Waals surface area contributed by atoms with Gasteiger partial charge < -0.3 is 9.47 Å². The number of nitriles is 1. The second-order valence-electron chi connectivity index (χ2n) is 4.74. The maximum absolute atomic E-state index is 11.5. The number of benzene rings is 2. The van der Waals surface area contributed by atoms with Gasteiger partial charge in [-0.1, -0.05) is 6.07 Å². The Morgan fingerprint density at radius 2 is 2.00 bits per heavy atom. The molecule has 0 fully saturated rings. The molecule has 22 heavy (non-hydrogen) atoms. The van der Waals surface area contributed by atoms with Gasteiger partial charge in [-0.15, -0.1) is 0 Å². The third-order valence-electron chi connectivity index (χ3n) is 3.12. The Kier molecular flexibility index (Phi) is 5.16. The van der Waals surface area contributed by atoms with Gasteiger partial charge in [-0.05, 0) is 50.2 Å². The maximum atomic E-state index is 11.5. The minimum Gasteiger partial charge on any atom is -0.493 e. The molecule has 2 rings (SSSR count). The van der Waals surface area contributed by atoms with Crippen LogP contribution in [0.15, 0.2) is 42.5 Å². The van der Waals surface area contributed by atoms with Crippen molar-refractivity contribution in [2.75, 3.05) is 6.61 Å². The molecule has 0 radical (unpaired) electrons. The molecule has 0 aromatic heterocycles. The van der Waals surface area contributed by atoms with Crippen LogP contribution in [0.3, 0.4) is 0 Å². The van der Waals surface area contributed by atoms with E-state index in [1.54, 1.807) is 42.5 Å². The first-order chi connectivity index (χ1) is 10.6. The maximum Gasteiger partial charge on any atom is 0.159 e. The van der Waals surface area contributed by atoms with Gasteiger partial charge in [-0.25, -0.2) is 0 Å². The standard InChI is InChI=1S/C18H17NO3/c1-3-21-18-8-7-15(13(2)20)10-16(18)12-22-17-6-4-5-14(9-17)11-19/h4-10H,3,12H2,1-2H3. The molecule has 0 N–H and O–H groups in total. The van der Waals surface area contributed by atoms with Crippen molar-refractivity contribution < 1.29 is 14.3 Å². The summed E-state index contributed by atoms with van der Waals surface area (Å²) in [6.45, 7) is 4.23. The van der Waals surface area contributed by atoms with Gasteiger partial charge in [0.1, 0.15) is 18.1 Å². The molecule has 0 aliphatic heterocycles. The van der Waals surface area contributed by atoms with Gasteiger partial charge in [0.25, 0.3) is 0 Å². The Labute approximate surface area is 129 Å². The number of ether oxygens (including phenoxy) is 2. The SMILES string of the molecule is CCOc1ccc(C(C)=O)cc1COc1cccc(C#N)c1. The Morgan fingerprint density at radius 3 is 2.68 bits per heavy atom. The van der Waals surface area contributed by atoms with Crippen LogP contribution in [0, 0.1) is 11.3 Å². The molecular formula is C18H17NO3. The lowest BCUT2D eigenvalue weighted by molar-refractivity contribution is 0.101. The summed E-state index contributed by atoms with van der Waals surface area (Å²) >= 11 is 0. The van der Waals surface area contributed by atoms with Crippen molar-refractivity contribution in [1.29, 1.82) is 5.26 Å². The molecule has 4 nitrogen and oxygen atoms in total. The average Bonchev–Trinajstić information content (AvgIpc) is 2.54. The van der Waals surface area contributed by atoms with E-state index in [-0.39, 0.29) is 12.4 Å². The van der Waals surface area contributed by atoms with Crippen molar-refractivity contribution in [2.24, 2.45) is 0 Å². The molecule has 0 atom stereocenters.